The third-order valence-corrected chi connectivity index (χ3v) is 10.3. The number of likely N-dealkylation sites (N-methyl/N-ethyl adjacent to an activating group) is 1. The van der Waals surface area contributed by atoms with Crippen molar-refractivity contribution in [2.24, 2.45) is 5.92 Å². The van der Waals surface area contributed by atoms with Crippen molar-refractivity contribution in [3.63, 3.8) is 0 Å². The van der Waals surface area contributed by atoms with Crippen molar-refractivity contribution in [3.05, 3.63) is 108 Å². The first-order valence-electron chi connectivity index (χ1n) is 16.4. The van der Waals surface area contributed by atoms with Crippen LogP contribution < -0.4 is 4.74 Å². The summed E-state index contributed by atoms with van der Waals surface area (Å²) in [7, 11) is 2.16. The zero-order chi connectivity index (χ0) is 33.0. The lowest BCUT2D eigenvalue weighted by molar-refractivity contribution is -0.138. The van der Waals surface area contributed by atoms with Crippen molar-refractivity contribution in [1.82, 2.24) is 24.7 Å². The van der Waals surface area contributed by atoms with Gasteiger partial charge in [0, 0.05) is 83.0 Å². The summed E-state index contributed by atoms with van der Waals surface area (Å²) in [6.45, 7) is 6.35. The lowest BCUT2D eigenvalue weighted by Gasteiger charge is -2.39. The van der Waals surface area contributed by atoms with Crippen molar-refractivity contribution in [2.45, 2.75) is 25.8 Å². The summed E-state index contributed by atoms with van der Waals surface area (Å²) in [5.74, 6) is 0.334. The van der Waals surface area contributed by atoms with Gasteiger partial charge in [0.05, 0.1) is 27.2 Å². The number of hydrogen-bond donors (Lipinski definition) is 0. The molecule has 1 amide bonds. The minimum Gasteiger partial charge on any atom is -0.453 e. The maximum absolute atomic E-state index is 15.2. The molecule has 7 rings (SSSR count). The monoisotopic (exact) mass is 663 g/mol. The van der Waals surface area contributed by atoms with Crippen LogP contribution in [0, 0.1) is 11.7 Å². The predicted molar refractivity (Wildman–Crippen MR) is 186 cm³/mol. The fourth-order valence-corrected chi connectivity index (χ4v) is 7.35. The second kappa shape index (κ2) is 14.3. The Labute approximate surface area is 283 Å². The summed E-state index contributed by atoms with van der Waals surface area (Å²) in [5, 5.41) is 0. The van der Waals surface area contributed by atoms with E-state index >= 15 is 4.39 Å². The van der Waals surface area contributed by atoms with Crippen LogP contribution in [0.3, 0.4) is 0 Å². The largest absolute Gasteiger partial charge is 0.453 e. The number of amides is 1. The highest BCUT2D eigenvalue weighted by Gasteiger charge is 2.31. The molecule has 246 valence electrons. The van der Waals surface area contributed by atoms with Crippen molar-refractivity contribution >= 4 is 33.2 Å². The van der Waals surface area contributed by atoms with Crippen molar-refractivity contribution in [2.75, 3.05) is 46.3 Å². The number of hydrogen-bond acceptors (Lipinski definition) is 8. The Bertz CT molecular complexity index is 1900. The van der Waals surface area contributed by atoms with E-state index in [1.54, 1.807) is 29.3 Å². The number of piperazine rings is 1. The zero-order valence-electron chi connectivity index (χ0n) is 27.0. The molecule has 5 aromatic rings. The van der Waals surface area contributed by atoms with Crippen LogP contribution in [-0.2, 0) is 29.0 Å². The van der Waals surface area contributed by atoms with Crippen LogP contribution >= 0.6 is 11.3 Å². The molecule has 0 radical (unpaired) electrons. The highest BCUT2D eigenvalue weighted by Crippen LogP contribution is 2.39. The predicted octanol–water partition coefficient (Wildman–Crippen LogP) is 6.24. The maximum atomic E-state index is 15.2. The van der Waals surface area contributed by atoms with E-state index in [0.29, 0.717) is 37.2 Å². The molecular formula is C38H38FN5O3S. The quantitative estimate of drug-likeness (QED) is 0.166. The standard InChI is InChI=1S/C38H38FN5O3S/c1-42-13-15-43(16-14-42)23-28-7-9-32(41-22-28)36-21-33-38(48-36)35(11-12-40-33)47-34-10-8-27(19-31(34)39)17-30(45)18-29-24-44(25-29)37(46)20-26-5-3-2-4-6-26/h2-12,19,21-22,29H,13-18,20,23-25H2,1H3. The number of likely N-dealkylation sites (tertiary alicyclic amines) is 1. The molecule has 2 aliphatic heterocycles. The SMILES string of the molecule is CN1CCN(Cc2ccc(-c3cc4nccc(Oc5ccc(CC(=O)CC6CN(C(=O)Cc7ccccc7)C6)cc5F)c4s3)nc2)CC1. The number of benzene rings is 2. The first-order chi connectivity index (χ1) is 23.4. The van der Waals surface area contributed by atoms with Gasteiger partial charge in [-0.15, -0.1) is 11.3 Å². The van der Waals surface area contributed by atoms with Gasteiger partial charge < -0.3 is 14.5 Å². The molecule has 3 aromatic heterocycles. The van der Waals surface area contributed by atoms with Crippen molar-refractivity contribution < 1.29 is 18.7 Å². The highest BCUT2D eigenvalue weighted by atomic mass is 32.1. The number of Topliss-reactive ketones (excluding diaryl/α,β-unsaturated/α-hetero) is 1. The van der Waals surface area contributed by atoms with Gasteiger partial charge in [-0.1, -0.05) is 42.5 Å². The molecule has 0 unspecified atom stereocenters. The van der Waals surface area contributed by atoms with Gasteiger partial charge in [0.1, 0.15) is 11.5 Å². The van der Waals surface area contributed by atoms with E-state index < -0.39 is 5.82 Å². The number of ether oxygens (including phenoxy) is 1. The molecule has 5 heterocycles. The van der Waals surface area contributed by atoms with Gasteiger partial charge in [0.15, 0.2) is 11.6 Å². The Hall–Kier alpha value is -4.51. The van der Waals surface area contributed by atoms with Crippen LogP contribution in [0.2, 0.25) is 0 Å². The molecule has 0 aliphatic carbocycles. The molecule has 0 spiro atoms. The highest BCUT2D eigenvalue weighted by molar-refractivity contribution is 7.22. The average Bonchev–Trinajstić information content (AvgIpc) is 3.51. The Morgan fingerprint density at radius 3 is 2.42 bits per heavy atom. The number of pyridine rings is 2. The molecule has 2 saturated heterocycles. The summed E-state index contributed by atoms with van der Waals surface area (Å²) in [6, 6.07) is 22.2. The van der Waals surface area contributed by atoms with Crippen LogP contribution in [0.5, 0.6) is 11.5 Å². The number of nitrogens with zero attached hydrogens (tertiary/aromatic N) is 5. The molecule has 2 fully saturated rings. The third-order valence-electron chi connectivity index (χ3n) is 9.10. The number of rotatable bonds is 11. The second-order valence-corrected chi connectivity index (χ2v) is 13.9. The van der Waals surface area contributed by atoms with Crippen LogP contribution in [0.1, 0.15) is 23.1 Å². The summed E-state index contributed by atoms with van der Waals surface area (Å²) in [6.07, 6.45) is 4.48. The Balaban J connectivity index is 0.935. The van der Waals surface area contributed by atoms with E-state index in [9.17, 15) is 9.59 Å². The Morgan fingerprint density at radius 2 is 1.67 bits per heavy atom. The smallest absolute Gasteiger partial charge is 0.227 e. The fourth-order valence-electron chi connectivity index (χ4n) is 6.31. The fraction of sp³-hybridized carbons (Fsp3) is 0.316. The van der Waals surface area contributed by atoms with Crippen LogP contribution in [-0.4, -0.2) is 82.7 Å². The van der Waals surface area contributed by atoms with Crippen LogP contribution in [0.25, 0.3) is 20.8 Å². The lowest BCUT2D eigenvalue weighted by atomic mass is 9.91. The first kappa shape index (κ1) is 32.1. The van der Waals surface area contributed by atoms with E-state index in [2.05, 4.69) is 27.9 Å². The van der Waals surface area contributed by atoms with Gasteiger partial charge in [-0.3, -0.25) is 24.5 Å². The van der Waals surface area contributed by atoms with E-state index in [0.717, 1.165) is 59.1 Å². The zero-order valence-corrected chi connectivity index (χ0v) is 27.8. The van der Waals surface area contributed by atoms with E-state index in [1.165, 1.54) is 23.0 Å². The molecular weight excluding hydrogens is 626 g/mol. The second-order valence-electron chi connectivity index (χ2n) is 12.9. The molecule has 0 N–H and O–H groups in total. The average molecular weight is 664 g/mol. The number of carbonyl (C=O) groups is 2. The molecule has 0 saturated carbocycles. The number of ketones is 1. The van der Waals surface area contributed by atoms with Crippen LogP contribution in [0.4, 0.5) is 4.39 Å². The van der Waals surface area contributed by atoms with Gasteiger partial charge >= 0.3 is 0 Å². The number of fused-ring (bicyclic) bond motifs is 1. The molecule has 2 aliphatic rings. The van der Waals surface area contributed by atoms with Gasteiger partial charge in [0.25, 0.3) is 0 Å². The van der Waals surface area contributed by atoms with Crippen molar-refractivity contribution in [1.29, 1.82) is 0 Å². The molecule has 10 heteroatoms. The Morgan fingerprint density at radius 1 is 0.875 bits per heavy atom. The number of aromatic nitrogens is 2. The van der Waals surface area contributed by atoms with Crippen molar-refractivity contribution in [3.8, 4) is 22.1 Å². The summed E-state index contributed by atoms with van der Waals surface area (Å²) in [5.41, 5.74) is 4.39. The van der Waals surface area contributed by atoms with Gasteiger partial charge in [-0.25, -0.2) is 4.39 Å². The normalized spacial score (nSPS) is 15.8. The van der Waals surface area contributed by atoms with E-state index in [-0.39, 0.29) is 29.8 Å². The lowest BCUT2D eigenvalue weighted by Crippen LogP contribution is -2.51. The first-order valence-corrected chi connectivity index (χ1v) is 17.2. The van der Waals surface area contributed by atoms with Crippen LogP contribution in [0.15, 0.2) is 85.2 Å². The number of carbonyl (C=O) groups excluding carboxylic acids is 2. The summed E-state index contributed by atoms with van der Waals surface area (Å²) in [4.78, 5) is 42.1. The van der Waals surface area contributed by atoms with E-state index in [4.69, 9.17) is 9.72 Å². The maximum Gasteiger partial charge on any atom is 0.227 e. The van der Waals surface area contributed by atoms with E-state index in [1.807, 2.05) is 48.7 Å². The molecule has 0 atom stereocenters. The number of halogens is 1. The molecule has 0 bridgehead atoms. The summed E-state index contributed by atoms with van der Waals surface area (Å²) < 4.78 is 22.1. The number of thiophene rings is 1. The summed E-state index contributed by atoms with van der Waals surface area (Å²) >= 11 is 1.51. The minimum absolute atomic E-state index is 0.0335. The minimum atomic E-state index is -0.527. The Kier molecular flexibility index (Phi) is 9.56. The molecule has 48 heavy (non-hydrogen) atoms. The van der Waals surface area contributed by atoms with Gasteiger partial charge in [0.2, 0.25) is 5.91 Å². The molecule has 8 nitrogen and oxygen atoms in total. The molecule has 2 aromatic carbocycles. The van der Waals surface area contributed by atoms with Gasteiger partial charge in [-0.05, 0) is 48.0 Å². The third kappa shape index (κ3) is 7.62. The topological polar surface area (TPSA) is 78.9 Å². The van der Waals surface area contributed by atoms with Gasteiger partial charge in [-0.2, -0.15) is 0 Å².